The molecule has 2 aliphatic heterocycles. The van der Waals surface area contributed by atoms with Crippen LogP contribution in [0.1, 0.15) is 53.2 Å². The second kappa shape index (κ2) is 20.1. The van der Waals surface area contributed by atoms with Gasteiger partial charge >= 0.3 is 11.9 Å². The Morgan fingerprint density at radius 2 is 1.20 bits per heavy atom. The fourth-order valence-corrected chi connectivity index (χ4v) is 7.07. The maximum absolute atomic E-state index is 13.8. The number of nitrogens with zero attached hydrogens (tertiary/aromatic N) is 6. The summed E-state index contributed by atoms with van der Waals surface area (Å²) in [5.41, 5.74) is -0.649. The number of aromatic nitrogens is 4. The van der Waals surface area contributed by atoms with Gasteiger partial charge in [-0.3, -0.25) is 9.59 Å². The van der Waals surface area contributed by atoms with Crippen LogP contribution in [0.3, 0.4) is 0 Å². The average Bonchev–Trinajstić information content (AvgIpc) is 3.72. The molecule has 0 saturated carbocycles. The number of halogens is 3. The standard InChI is InChI=1S/C24H20FN3O4.C17H12BrFN2O2.C7H9NO2/c1-3-32-22(29)20-18-8-7-17(25)14-19(18)26-21(27-20)16-6-4-5-15(13-16)9-10-24(31)11-12-28(2)23(24)30;1-2-23-17(22)15-13-7-6-12(19)9-14(13)20-16(21-15)10-4-3-5-11(18)8-10;1-3-7(10)4-5-8(2)6(7)9/h4-8,13-14,31H,3,11-12H2,1-2H3;3-9H,2H2,1H3;1,10H,4-5H2,2H3/t24-;;7-/m0.0/s1. The Morgan fingerprint density at radius 3 is 1.63 bits per heavy atom. The Kier molecular flexibility index (Phi) is 14.6. The first kappa shape index (κ1) is 47.3. The van der Waals surface area contributed by atoms with E-state index in [1.807, 2.05) is 24.3 Å². The molecule has 0 aliphatic carbocycles. The first-order valence-electron chi connectivity index (χ1n) is 20.1. The monoisotopic (exact) mass is 946 g/mol. The number of carbonyl (C=O) groups excluding carboxylic acids is 4. The van der Waals surface area contributed by atoms with Crippen molar-refractivity contribution in [1.82, 2.24) is 29.7 Å². The van der Waals surface area contributed by atoms with Crippen molar-refractivity contribution in [3.63, 3.8) is 0 Å². The lowest BCUT2D eigenvalue weighted by molar-refractivity contribution is -0.138. The first-order valence-corrected chi connectivity index (χ1v) is 20.9. The molecular formula is C48H41BrF2N6O8. The molecule has 2 atom stereocenters. The molecule has 0 bridgehead atoms. The van der Waals surface area contributed by atoms with Gasteiger partial charge in [0.25, 0.3) is 11.8 Å². The van der Waals surface area contributed by atoms with Crippen molar-refractivity contribution < 1.29 is 47.6 Å². The van der Waals surface area contributed by atoms with Crippen molar-refractivity contribution in [3.8, 4) is 47.0 Å². The van der Waals surface area contributed by atoms with E-state index in [-0.39, 0.29) is 48.3 Å². The number of terminal acetylenes is 1. The van der Waals surface area contributed by atoms with E-state index in [4.69, 9.17) is 15.9 Å². The van der Waals surface area contributed by atoms with Gasteiger partial charge < -0.3 is 29.5 Å². The number of esters is 2. The normalized spacial score (nSPS) is 17.6. The van der Waals surface area contributed by atoms with Crippen LogP contribution in [-0.2, 0) is 19.1 Å². The minimum absolute atomic E-state index is 0.0391. The Bertz CT molecular complexity index is 2950. The number of ether oxygens (including phenoxy) is 2. The summed E-state index contributed by atoms with van der Waals surface area (Å²) >= 11 is 3.39. The lowest BCUT2D eigenvalue weighted by atomic mass is 10.0. The third-order valence-corrected chi connectivity index (χ3v) is 10.6. The number of hydrogen-bond acceptors (Lipinski definition) is 12. The molecule has 6 aromatic rings. The minimum atomic E-state index is -1.71. The Labute approximate surface area is 380 Å². The van der Waals surface area contributed by atoms with Crippen LogP contribution in [0.15, 0.2) is 89.4 Å². The molecule has 0 unspecified atom stereocenters. The molecule has 332 valence electrons. The van der Waals surface area contributed by atoms with Gasteiger partial charge in [-0.05, 0) is 62.4 Å². The van der Waals surface area contributed by atoms with Crippen molar-refractivity contribution in [2.24, 2.45) is 0 Å². The van der Waals surface area contributed by atoms with Gasteiger partial charge in [-0.25, -0.2) is 38.3 Å². The zero-order chi connectivity index (χ0) is 47.1. The molecule has 8 rings (SSSR count). The summed E-state index contributed by atoms with van der Waals surface area (Å²) in [6.07, 6.45) is 5.55. The fourth-order valence-electron chi connectivity index (χ4n) is 6.67. The van der Waals surface area contributed by atoms with Crippen molar-refractivity contribution >= 4 is 61.5 Å². The predicted octanol–water partition coefficient (Wildman–Crippen LogP) is 6.15. The summed E-state index contributed by atoms with van der Waals surface area (Å²) in [5.74, 6) is 5.23. The van der Waals surface area contributed by atoms with Crippen LogP contribution < -0.4 is 0 Å². The number of rotatable bonds is 6. The molecule has 2 aromatic heterocycles. The van der Waals surface area contributed by atoms with Crippen LogP contribution in [0.25, 0.3) is 44.6 Å². The van der Waals surface area contributed by atoms with Crippen molar-refractivity contribution in [1.29, 1.82) is 0 Å². The first-order chi connectivity index (χ1) is 31.0. The fraction of sp³-hybridized carbons (Fsp3) is 0.250. The number of likely N-dealkylation sites (tertiary alicyclic amines) is 2. The number of hydrogen-bond donors (Lipinski definition) is 2. The summed E-state index contributed by atoms with van der Waals surface area (Å²) in [4.78, 5) is 68.1. The molecule has 65 heavy (non-hydrogen) atoms. The quantitative estimate of drug-likeness (QED) is 0.144. The second-order valence-electron chi connectivity index (χ2n) is 14.7. The molecule has 0 radical (unpaired) electrons. The second-order valence-corrected chi connectivity index (χ2v) is 15.6. The summed E-state index contributed by atoms with van der Waals surface area (Å²) in [7, 11) is 3.24. The van der Waals surface area contributed by atoms with E-state index in [0.29, 0.717) is 52.8 Å². The maximum Gasteiger partial charge on any atom is 0.357 e. The molecular weight excluding hydrogens is 906 g/mol. The van der Waals surface area contributed by atoms with Gasteiger partial charge in [-0.15, -0.1) is 6.42 Å². The predicted molar refractivity (Wildman–Crippen MR) is 240 cm³/mol. The summed E-state index contributed by atoms with van der Waals surface area (Å²) in [5, 5.41) is 20.7. The molecule has 17 heteroatoms. The van der Waals surface area contributed by atoms with Crippen LogP contribution in [0.5, 0.6) is 0 Å². The van der Waals surface area contributed by atoms with E-state index in [1.165, 1.54) is 46.2 Å². The van der Waals surface area contributed by atoms with Gasteiger partial charge in [-0.1, -0.05) is 58.0 Å². The highest BCUT2D eigenvalue weighted by molar-refractivity contribution is 9.10. The third kappa shape index (κ3) is 10.8. The van der Waals surface area contributed by atoms with Crippen LogP contribution in [-0.4, -0.2) is 115 Å². The molecule has 2 fully saturated rings. The maximum atomic E-state index is 13.8. The summed E-state index contributed by atoms with van der Waals surface area (Å²) in [6.45, 7) is 4.78. The Hall–Kier alpha value is -7.18. The van der Waals surface area contributed by atoms with E-state index in [0.717, 1.165) is 10.0 Å². The van der Waals surface area contributed by atoms with Crippen LogP contribution in [0.4, 0.5) is 8.78 Å². The van der Waals surface area contributed by atoms with Gasteiger partial charge in [0.1, 0.15) is 11.6 Å². The minimum Gasteiger partial charge on any atom is -0.461 e. The SMILES string of the molecule is C#C[C@]1(O)CCN(C)C1=O.CCOC(=O)c1nc(-c2cccc(Br)c2)nc2cc(F)ccc12.CCOC(=O)c1nc(-c2cccc(C#C[C@]3(O)CCN(C)C3=O)c2)nc2cc(F)ccc12. The van der Waals surface area contributed by atoms with Gasteiger partial charge in [0.15, 0.2) is 23.0 Å². The number of likely N-dealkylation sites (N-methyl/N-ethyl adjacent to an activating group) is 2. The average molecular weight is 948 g/mol. The molecule has 2 amide bonds. The number of amides is 2. The van der Waals surface area contributed by atoms with E-state index in [1.54, 1.807) is 52.2 Å². The van der Waals surface area contributed by atoms with E-state index in [2.05, 4.69) is 53.6 Å². The van der Waals surface area contributed by atoms with E-state index in [9.17, 15) is 38.2 Å². The highest BCUT2D eigenvalue weighted by atomic mass is 79.9. The largest absolute Gasteiger partial charge is 0.461 e. The number of carbonyl (C=O) groups is 4. The lowest BCUT2D eigenvalue weighted by Gasteiger charge is -2.13. The molecule has 0 spiro atoms. The highest BCUT2D eigenvalue weighted by Crippen LogP contribution is 2.27. The lowest BCUT2D eigenvalue weighted by Crippen LogP contribution is -2.37. The van der Waals surface area contributed by atoms with Crippen molar-refractivity contribution in [2.45, 2.75) is 37.9 Å². The van der Waals surface area contributed by atoms with Gasteiger partial charge in [0.2, 0.25) is 11.2 Å². The third-order valence-electron chi connectivity index (χ3n) is 10.1. The Balaban J connectivity index is 0.000000184. The zero-order valence-electron chi connectivity index (χ0n) is 35.6. The smallest absolute Gasteiger partial charge is 0.357 e. The summed E-state index contributed by atoms with van der Waals surface area (Å²) < 4.78 is 38.3. The number of aliphatic hydroxyl groups is 2. The van der Waals surface area contributed by atoms with Crippen LogP contribution >= 0.6 is 15.9 Å². The van der Waals surface area contributed by atoms with E-state index < -0.39 is 40.7 Å². The highest BCUT2D eigenvalue weighted by Gasteiger charge is 2.43. The molecule has 4 aromatic carbocycles. The van der Waals surface area contributed by atoms with Gasteiger partial charge in [0.05, 0.1) is 24.2 Å². The van der Waals surface area contributed by atoms with Gasteiger partial charge in [0, 0.05) is 84.1 Å². The molecule has 2 N–H and O–H groups in total. The Morgan fingerprint density at radius 1 is 0.723 bits per heavy atom. The van der Waals surface area contributed by atoms with Crippen LogP contribution in [0.2, 0.25) is 0 Å². The van der Waals surface area contributed by atoms with Crippen molar-refractivity contribution in [2.75, 3.05) is 40.4 Å². The van der Waals surface area contributed by atoms with Gasteiger partial charge in [-0.2, -0.15) is 0 Å². The van der Waals surface area contributed by atoms with Crippen molar-refractivity contribution in [3.05, 3.63) is 118 Å². The van der Waals surface area contributed by atoms with E-state index >= 15 is 0 Å². The summed E-state index contributed by atoms with van der Waals surface area (Å²) in [6, 6.07) is 22.1. The molecule has 14 nitrogen and oxygen atoms in total. The topological polar surface area (TPSA) is 185 Å². The number of fused-ring (bicyclic) bond motifs is 2. The molecule has 4 heterocycles. The molecule has 2 aliphatic rings. The number of benzene rings is 4. The zero-order valence-corrected chi connectivity index (χ0v) is 37.1. The molecule has 2 saturated heterocycles. The van der Waals surface area contributed by atoms with Crippen LogP contribution in [0, 0.1) is 35.8 Å².